The van der Waals surface area contributed by atoms with E-state index < -0.39 is 6.03 Å². The number of urea groups is 1. The van der Waals surface area contributed by atoms with Crippen molar-refractivity contribution in [2.45, 2.75) is 6.54 Å². The topological polar surface area (TPSA) is 77.1 Å². The molecule has 2 fully saturated rings. The zero-order chi connectivity index (χ0) is 17.1. The molecule has 8 nitrogen and oxygen atoms in total. The maximum Gasteiger partial charge on any atom is 0.327 e. The summed E-state index contributed by atoms with van der Waals surface area (Å²) in [6.07, 6.45) is 3.55. The Morgan fingerprint density at radius 3 is 2.38 bits per heavy atom. The number of hydrogen-bond donors (Lipinski definition) is 0. The second kappa shape index (κ2) is 6.96. The number of hydrogen-bond acceptors (Lipinski definition) is 5. The fraction of sp³-hybridized carbons (Fsp3) is 0.500. The molecule has 8 heteroatoms. The van der Waals surface area contributed by atoms with Crippen molar-refractivity contribution in [1.29, 1.82) is 0 Å². The van der Waals surface area contributed by atoms with Crippen LogP contribution in [0, 0.1) is 0 Å². The standard InChI is InChI=1S/C16H21N5O3/c1-18-11-15(23)21(16(18)24)12-14(22)20-8-6-19(7-9-20)10-13-2-4-17-5-3-13/h2-5H,6-12H2,1H3. The number of imide groups is 1. The van der Waals surface area contributed by atoms with Gasteiger partial charge in [0.15, 0.2) is 0 Å². The van der Waals surface area contributed by atoms with Gasteiger partial charge in [0.25, 0.3) is 5.91 Å². The molecule has 0 unspecified atom stereocenters. The van der Waals surface area contributed by atoms with Crippen LogP contribution in [0.15, 0.2) is 24.5 Å². The fourth-order valence-electron chi connectivity index (χ4n) is 2.96. The van der Waals surface area contributed by atoms with E-state index in [2.05, 4.69) is 9.88 Å². The summed E-state index contributed by atoms with van der Waals surface area (Å²) in [7, 11) is 1.56. The van der Waals surface area contributed by atoms with E-state index in [0.29, 0.717) is 13.1 Å². The van der Waals surface area contributed by atoms with Gasteiger partial charge in [0.1, 0.15) is 13.1 Å². The minimum atomic E-state index is -0.398. The van der Waals surface area contributed by atoms with Crippen LogP contribution in [0.1, 0.15) is 5.56 Å². The number of rotatable bonds is 4. The molecule has 0 N–H and O–H groups in total. The van der Waals surface area contributed by atoms with Gasteiger partial charge in [0, 0.05) is 52.2 Å². The van der Waals surface area contributed by atoms with Gasteiger partial charge in [-0.05, 0) is 17.7 Å². The second-order valence-electron chi connectivity index (χ2n) is 6.13. The van der Waals surface area contributed by atoms with E-state index in [4.69, 9.17) is 0 Å². The van der Waals surface area contributed by atoms with Gasteiger partial charge in [-0.2, -0.15) is 0 Å². The number of amides is 4. The van der Waals surface area contributed by atoms with Gasteiger partial charge >= 0.3 is 6.03 Å². The van der Waals surface area contributed by atoms with Gasteiger partial charge in [-0.1, -0.05) is 0 Å². The molecule has 2 aliphatic heterocycles. The molecule has 0 atom stereocenters. The summed E-state index contributed by atoms with van der Waals surface area (Å²) < 4.78 is 0. The summed E-state index contributed by atoms with van der Waals surface area (Å²) in [5.41, 5.74) is 1.20. The van der Waals surface area contributed by atoms with Crippen LogP contribution in [0.5, 0.6) is 0 Å². The zero-order valence-corrected chi connectivity index (χ0v) is 13.7. The molecule has 0 spiro atoms. The molecule has 2 saturated heterocycles. The van der Waals surface area contributed by atoms with Crippen LogP contribution in [0.2, 0.25) is 0 Å². The van der Waals surface area contributed by atoms with Crippen LogP contribution in [0.25, 0.3) is 0 Å². The number of pyridine rings is 1. The Kier molecular flexibility index (Phi) is 4.75. The highest BCUT2D eigenvalue weighted by Gasteiger charge is 2.36. The highest BCUT2D eigenvalue weighted by atomic mass is 16.2. The number of likely N-dealkylation sites (N-methyl/N-ethyl adjacent to an activating group) is 1. The third-order valence-electron chi connectivity index (χ3n) is 4.40. The number of piperazine rings is 1. The van der Waals surface area contributed by atoms with Crippen molar-refractivity contribution >= 4 is 17.8 Å². The van der Waals surface area contributed by atoms with E-state index in [1.54, 1.807) is 24.3 Å². The van der Waals surface area contributed by atoms with Crippen molar-refractivity contribution in [2.75, 3.05) is 46.3 Å². The molecule has 1 aromatic rings. The van der Waals surface area contributed by atoms with E-state index in [1.807, 2.05) is 12.1 Å². The zero-order valence-electron chi connectivity index (χ0n) is 13.7. The summed E-state index contributed by atoms with van der Waals surface area (Å²) in [6, 6.07) is 3.57. The van der Waals surface area contributed by atoms with Gasteiger partial charge in [0.2, 0.25) is 5.91 Å². The first-order chi connectivity index (χ1) is 11.5. The van der Waals surface area contributed by atoms with Crippen LogP contribution in [0.4, 0.5) is 4.79 Å². The molecule has 0 bridgehead atoms. The molecule has 3 rings (SSSR count). The summed E-state index contributed by atoms with van der Waals surface area (Å²) in [5.74, 6) is -0.484. The molecule has 0 radical (unpaired) electrons. The van der Waals surface area contributed by atoms with Crippen molar-refractivity contribution < 1.29 is 14.4 Å². The van der Waals surface area contributed by atoms with Crippen LogP contribution in [-0.4, -0.2) is 88.7 Å². The van der Waals surface area contributed by atoms with E-state index in [0.717, 1.165) is 24.5 Å². The normalized spacial score (nSPS) is 19.3. The van der Waals surface area contributed by atoms with Crippen molar-refractivity contribution in [3.8, 4) is 0 Å². The lowest BCUT2D eigenvalue weighted by Gasteiger charge is -2.35. The molecular formula is C16H21N5O3. The molecule has 0 aliphatic carbocycles. The first kappa shape index (κ1) is 16.4. The summed E-state index contributed by atoms with van der Waals surface area (Å²) >= 11 is 0. The average Bonchev–Trinajstić information content (AvgIpc) is 2.83. The molecule has 2 aliphatic rings. The Morgan fingerprint density at radius 1 is 1.12 bits per heavy atom. The number of carbonyl (C=O) groups excluding carboxylic acids is 3. The highest BCUT2D eigenvalue weighted by Crippen LogP contribution is 2.11. The highest BCUT2D eigenvalue weighted by molar-refractivity contribution is 6.04. The Labute approximate surface area is 140 Å². The molecule has 1 aromatic heterocycles. The maximum atomic E-state index is 12.4. The quantitative estimate of drug-likeness (QED) is 0.703. The van der Waals surface area contributed by atoms with Crippen LogP contribution in [0.3, 0.4) is 0 Å². The van der Waals surface area contributed by atoms with Crippen molar-refractivity contribution in [1.82, 2.24) is 24.6 Å². The number of carbonyl (C=O) groups is 3. The minimum absolute atomic E-state index is 0.0474. The molecule has 128 valence electrons. The molecule has 0 aromatic carbocycles. The predicted octanol–water partition coefficient (Wildman–Crippen LogP) is -0.380. The monoisotopic (exact) mass is 331 g/mol. The largest absolute Gasteiger partial charge is 0.339 e. The Balaban J connectivity index is 1.49. The van der Waals surface area contributed by atoms with Gasteiger partial charge < -0.3 is 9.80 Å². The maximum absolute atomic E-state index is 12.4. The number of nitrogens with zero attached hydrogens (tertiary/aromatic N) is 5. The minimum Gasteiger partial charge on any atom is -0.339 e. The van der Waals surface area contributed by atoms with E-state index >= 15 is 0 Å². The Bertz CT molecular complexity index is 628. The smallest absolute Gasteiger partial charge is 0.327 e. The first-order valence-corrected chi connectivity index (χ1v) is 7.99. The average molecular weight is 331 g/mol. The first-order valence-electron chi connectivity index (χ1n) is 7.99. The van der Waals surface area contributed by atoms with Crippen molar-refractivity contribution in [2.24, 2.45) is 0 Å². The fourth-order valence-corrected chi connectivity index (χ4v) is 2.96. The SMILES string of the molecule is CN1CC(=O)N(CC(=O)N2CCN(Cc3ccncc3)CC2)C1=O. The third-order valence-corrected chi connectivity index (χ3v) is 4.40. The Hall–Kier alpha value is -2.48. The van der Waals surface area contributed by atoms with Crippen LogP contribution >= 0.6 is 0 Å². The van der Waals surface area contributed by atoms with E-state index in [1.165, 1.54) is 10.5 Å². The van der Waals surface area contributed by atoms with Gasteiger partial charge in [-0.15, -0.1) is 0 Å². The number of aromatic nitrogens is 1. The lowest BCUT2D eigenvalue weighted by atomic mass is 10.2. The van der Waals surface area contributed by atoms with E-state index in [9.17, 15) is 14.4 Å². The molecule has 3 heterocycles. The van der Waals surface area contributed by atoms with Gasteiger partial charge in [-0.25, -0.2) is 4.79 Å². The summed E-state index contributed by atoms with van der Waals surface area (Å²) in [4.78, 5) is 46.3. The summed E-state index contributed by atoms with van der Waals surface area (Å²) in [5, 5.41) is 0. The van der Waals surface area contributed by atoms with Crippen LogP contribution < -0.4 is 0 Å². The molecule has 24 heavy (non-hydrogen) atoms. The lowest BCUT2D eigenvalue weighted by Crippen LogP contribution is -2.51. The van der Waals surface area contributed by atoms with Crippen molar-refractivity contribution in [3.05, 3.63) is 30.1 Å². The third kappa shape index (κ3) is 3.53. The van der Waals surface area contributed by atoms with Crippen LogP contribution in [-0.2, 0) is 16.1 Å². The Morgan fingerprint density at radius 2 is 1.79 bits per heavy atom. The molecular weight excluding hydrogens is 310 g/mol. The predicted molar refractivity (Wildman–Crippen MR) is 85.8 cm³/mol. The molecule has 0 saturated carbocycles. The van der Waals surface area contributed by atoms with Crippen molar-refractivity contribution in [3.63, 3.8) is 0 Å². The molecule has 4 amide bonds. The van der Waals surface area contributed by atoms with Gasteiger partial charge in [0.05, 0.1) is 0 Å². The van der Waals surface area contributed by atoms with E-state index in [-0.39, 0.29) is 24.9 Å². The van der Waals surface area contributed by atoms with Gasteiger partial charge in [-0.3, -0.25) is 24.4 Å². The summed E-state index contributed by atoms with van der Waals surface area (Å²) in [6.45, 7) is 3.48. The lowest BCUT2D eigenvalue weighted by molar-refractivity contribution is -0.137. The second-order valence-corrected chi connectivity index (χ2v) is 6.13.